The molecule has 0 radical (unpaired) electrons. The number of para-hydroxylation sites is 1. The van der Waals surface area contributed by atoms with Crippen molar-refractivity contribution in [3.63, 3.8) is 0 Å². The Balaban J connectivity index is 1.59. The van der Waals surface area contributed by atoms with Gasteiger partial charge in [-0.2, -0.15) is 9.29 Å². The molecule has 1 aromatic heterocycles. The van der Waals surface area contributed by atoms with Gasteiger partial charge >= 0.3 is 0 Å². The third-order valence-electron chi connectivity index (χ3n) is 4.65. The Morgan fingerprint density at radius 2 is 1.87 bits per heavy atom. The van der Waals surface area contributed by atoms with Crippen LogP contribution in [0.5, 0.6) is 0 Å². The van der Waals surface area contributed by atoms with Gasteiger partial charge in [-0.05, 0) is 30.3 Å². The molecule has 1 aliphatic rings. The Labute approximate surface area is 173 Å². The Morgan fingerprint density at radius 1 is 1.10 bits per heavy atom. The van der Waals surface area contributed by atoms with E-state index in [-0.39, 0.29) is 23.5 Å². The van der Waals surface area contributed by atoms with Crippen molar-refractivity contribution in [3.05, 3.63) is 60.0 Å². The first-order chi connectivity index (χ1) is 14.4. The average molecular weight is 428 g/mol. The van der Waals surface area contributed by atoms with E-state index in [4.69, 9.17) is 9.26 Å². The Hall–Kier alpha value is -3.08. The Morgan fingerprint density at radius 3 is 2.60 bits per heavy atom. The van der Waals surface area contributed by atoms with E-state index in [0.717, 1.165) is 0 Å². The molecule has 2 aromatic carbocycles. The van der Waals surface area contributed by atoms with Crippen LogP contribution in [0.2, 0.25) is 0 Å². The lowest BCUT2D eigenvalue weighted by Crippen LogP contribution is -2.40. The molecule has 3 aromatic rings. The zero-order valence-corrected chi connectivity index (χ0v) is 17.1. The Bertz CT molecular complexity index is 1170. The van der Waals surface area contributed by atoms with Crippen molar-refractivity contribution in [1.82, 2.24) is 14.4 Å². The maximum Gasteiger partial charge on any atom is 0.255 e. The first-order valence-electron chi connectivity index (χ1n) is 9.34. The minimum Gasteiger partial charge on any atom is -0.379 e. The largest absolute Gasteiger partial charge is 0.379 e. The Kier molecular flexibility index (Phi) is 5.62. The van der Waals surface area contributed by atoms with Crippen LogP contribution in [-0.2, 0) is 14.8 Å². The molecule has 4 rings (SSSR count). The molecule has 0 unspecified atom stereocenters. The minimum atomic E-state index is -3.70. The van der Waals surface area contributed by atoms with E-state index in [1.165, 1.54) is 16.4 Å². The van der Waals surface area contributed by atoms with Crippen molar-refractivity contribution in [2.24, 2.45) is 0 Å². The third-order valence-corrected chi connectivity index (χ3v) is 6.54. The summed E-state index contributed by atoms with van der Waals surface area (Å²) in [6, 6.07) is 13.0. The molecule has 9 nitrogen and oxygen atoms in total. The van der Waals surface area contributed by atoms with Gasteiger partial charge < -0.3 is 14.6 Å². The van der Waals surface area contributed by atoms with Crippen LogP contribution in [0.1, 0.15) is 16.2 Å². The van der Waals surface area contributed by atoms with Crippen LogP contribution in [0, 0.1) is 6.92 Å². The van der Waals surface area contributed by atoms with Crippen molar-refractivity contribution in [2.75, 3.05) is 31.6 Å². The van der Waals surface area contributed by atoms with E-state index in [1.54, 1.807) is 43.3 Å². The summed E-state index contributed by atoms with van der Waals surface area (Å²) in [5, 5.41) is 6.70. The van der Waals surface area contributed by atoms with Gasteiger partial charge in [-0.1, -0.05) is 23.4 Å². The van der Waals surface area contributed by atoms with Gasteiger partial charge in [-0.3, -0.25) is 4.79 Å². The van der Waals surface area contributed by atoms with E-state index in [1.807, 2.05) is 0 Å². The molecule has 1 N–H and O–H groups in total. The fourth-order valence-corrected chi connectivity index (χ4v) is 4.58. The lowest BCUT2D eigenvalue weighted by Gasteiger charge is -2.26. The maximum absolute atomic E-state index is 12.9. The standard InChI is InChI=1S/C20H20N4O5S/c1-14-21-19(23-29-14)17-7-2-3-8-18(17)22-20(25)15-5-4-6-16(13-15)30(26,27)24-9-11-28-12-10-24/h2-8,13H,9-12H2,1H3,(H,22,25). The van der Waals surface area contributed by atoms with Gasteiger partial charge in [0.25, 0.3) is 5.91 Å². The molecule has 0 aliphatic carbocycles. The zero-order chi connectivity index (χ0) is 21.1. The van der Waals surface area contributed by atoms with Crippen LogP contribution in [0.4, 0.5) is 5.69 Å². The summed E-state index contributed by atoms with van der Waals surface area (Å²) < 4.78 is 37.4. The summed E-state index contributed by atoms with van der Waals surface area (Å²) >= 11 is 0. The number of hydrogen-bond donors (Lipinski definition) is 1. The average Bonchev–Trinajstić information content (AvgIpc) is 3.21. The second kappa shape index (κ2) is 8.34. The SMILES string of the molecule is Cc1nc(-c2ccccc2NC(=O)c2cccc(S(=O)(=O)N3CCOCC3)c2)no1. The highest BCUT2D eigenvalue weighted by molar-refractivity contribution is 7.89. The molecule has 0 spiro atoms. The lowest BCUT2D eigenvalue weighted by molar-refractivity contribution is 0.0730. The number of anilines is 1. The molecule has 156 valence electrons. The monoisotopic (exact) mass is 428 g/mol. The predicted octanol–water partition coefficient (Wildman–Crippen LogP) is 2.32. The third kappa shape index (κ3) is 4.11. The number of sulfonamides is 1. The van der Waals surface area contributed by atoms with E-state index < -0.39 is 15.9 Å². The molecule has 2 heterocycles. The summed E-state index contributed by atoms with van der Waals surface area (Å²) in [7, 11) is -3.70. The molecule has 0 bridgehead atoms. The number of rotatable bonds is 5. The highest BCUT2D eigenvalue weighted by Gasteiger charge is 2.27. The van der Waals surface area contributed by atoms with Crippen LogP contribution >= 0.6 is 0 Å². The van der Waals surface area contributed by atoms with E-state index >= 15 is 0 Å². The van der Waals surface area contributed by atoms with Crippen LogP contribution in [0.15, 0.2) is 57.9 Å². The first kappa shape index (κ1) is 20.2. The second-order valence-electron chi connectivity index (χ2n) is 6.68. The molecule has 1 saturated heterocycles. The van der Waals surface area contributed by atoms with Crippen molar-refractivity contribution >= 4 is 21.6 Å². The number of aromatic nitrogens is 2. The van der Waals surface area contributed by atoms with Crippen LogP contribution in [0.3, 0.4) is 0 Å². The van der Waals surface area contributed by atoms with Gasteiger partial charge in [0.05, 0.1) is 23.8 Å². The zero-order valence-electron chi connectivity index (χ0n) is 16.2. The van der Waals surface area contributed by atoms with Crippen LogP contribution in [0.25, 0.3) is 11.4 Å². The van der Waals surface area contributed by atoms with Gasteiger partial charge in [0.2, 0.25) is 21.7 Å². The van der Waals surface area contributed by atoms with Gasteiger partial charge in [-0.25, -0.2) is 8.42 Å². The van der Waals surface area contributed by atoms with Crippen molar-refractivity contribution in [2.45, 2.75) is 11.8 Å². The highest BCUT2D eigenvalue weighted by atomic mass is 32.2. The summed E-state index contributed by atoms with van der Waals surface area (Å²) in [5.41, 5.74) is 1.31. The lowest BCUT2D eigenvalue weighted by atomic mass is 10.1. The molecule has 1 amide bonds. The number of nitrogens with one attached hydrogen (secondary N) is 1. The number of ether oxygens (including phenoxy) is 1. The smallest absolute Gasteiger partial charge is 0.255 e. The van der Waals surface area contributed by atoms with E-state index in [9.17, 15) is 13.2 Å². The molecule has 0 atom stereocenters. The van der Waals surface area contributed by atoms with Gasteiger partial charge in [0, 0.05) is 31.1 Å². The normalized spacial score (nSPS) is 15.1. The molecule has 1 fully saturated rings. The number of benzene rings is 2. The summed E-state index contributed by atoms with van der Waals surface area (Å²) in [5.74, 6) is 0.320. The van der Waals surface area contributed by atoms with E-state index in [0.29, 0.717) is 36.2 Å². The topological polar surface area (TPSA) is 115 Å². The number of amides is 1. The number of hydrogen-bond acceptors (Lipinski definition) is 7. The summed E-state index contributed by atoms with van der Waals surface area (Å²) in [6.07, 6.45) is 0. The van der Waals surface area contributed by atoms with Gasteiger partial charge in [0.1, 0.15) is 0 Å². The molecular formula is C20H20N4O5S. The fraction of sp³-hybridized carbons (Fsp3) is 0.250. The van der Waals surface area contributed by atoms with Gasteiger partial charge in [0.15, 0.2) is 0 Å². The molecule has 0 saturated carbocycles. The van der Waals surface area contributed by atoms with Crippen LogP contribution in [-0.4, -0.2) is 55.1 Å². The highest BCUT2D eigenvalue weighted by Crippen LogP contribution is 2.26. The summed E-state index contributed by atoms with van der Waals surface area (Å²) in [6.45, 7) is 2.96. The number of carbonyl (C=O) groups excluding carboxylic acids is 1. The number of aryl methyl sites for hydroxylation is 1. The summed E-state index contributed by atoms with van der Waals surface area (Å²) in [4.78, 5) is 17.1. The van der Waals surface area contributed by atoms with Crippen molar-refractivity contribution in [1.29, 1.82) is 0 Å². The predicted molar refractivity (Wildman–Crippen MR) is 108 cm³/mol. The molecular weight excluding hydrogens is 408 g/mol. The van der Waals surface area contributed by atoms with Gasteiger partial charge in [-0.15, -0.1) is 0 Å². The van der Waals surface area contributed by atoms with Crippen molar-refractivity contribution in [3.8, 4) is 11.4 Å². The second-order valence-corrected chi connectivity index (χ2v) is 8.62. The molecule has 1 aliphatic heterocycles. The van der Waals surface area contributed by atoms with Crippen LogP contribution < -0.4 is 5.32 Å². The van der Waals surface area contributed by atoms with Crippen molar-refractivity contribution < 1.29 is 22.5 Å². The molecule has 10 heteroatoms. The quantitative estimate of drug-likeness (QED) is 0.663. The van der Waals surface area contributed by atoms with E-state index in [2.05, 4.69) is 15.5 Å². The fourth-order valence-electron chi connectivity index (χ4n) is 3.12. The minimum absolute atomic E-state index is 0.0686. The number of morpholine rings is 1. The number of nitrogens with zero attached hydrogens (tertiary/aromatic N) is 3. The first-order valence-corrected chi connectivity index (χ1v) is 10.8. The molecule has 30 heavy (non-hydrogen) atoms. The number of carbonyl (C=O) groups is 1. The maximum atomic E-state index is 12.9.